The number of carbonyl (C=O) groups excluding carboxylic acids is 1. The van der Waals surface area contributed by atoms with Crippen LogP contribution in [0.5, 0.6) is 0 Å². The summed E-state index contributed by atoms with van der Waals surface area (Å²) in [6.45, 7) is 2.62. The molecule has 0 saturated heterocycles. The van der Waals surface area contributed by atoms with E-state index in [0.717, 1.165) is 16.6 Å². The molecule has 0 bridgehead atoms. The summed E-state index contributed by atoms with van der Waals surface area (Å²) >= 11 is 5.06. The van der Waals surface area contributed by atoms with Crippen LogP contribution in [0.1, 0.15) is 18.9 Å². The summed E-state index contributed by atoms with van der Waals surface area (Å²) in [7, 11) is 0. The van der Waals surface area contributed by atoms with Crippen LogP contribution in [-0.4, -0.2) is 29.1 Å². The molecular formula is C15H17N3O2S. The Bertz CT molecular complexity index is 673. The highest BCUT2D eigenvalue weighted by molar-refractivity contribution is 7.80. The van der Waals surface area contributed by atoms with Crippen molar-refractivity contribution in [3.8, 4) is 0 Å². The molecule has 0 unspecified atom stereocenters. The number of ether oxygens (including phenoxy) is 1. The first kappa shape index (κ1) is 15.2. The Morgan fingerprint density at radius 1 is 1.43 bits per heavy atom. The largest absolute Gasteiger partial charge is 0.466 e. The number of hydrogen-bond acceptors (Lipinski definition) is 5. The van der Waals surface area contributed by atoms with Gasteiger partial charge in [-0.05, 0) is 13.0 Å². The van der Waals surface area contributed by atoms with Gasteiger partial charge in [-0.25, -0.2) is 0 Å². The molecule has 0 saturated carbocycles. The average molecular weight is 303 g/mol. The summed E-state index contributed by atoms with van der Waals surface area (Å²) in [5.41, 5.74) is 8.07. The summed E-state index contributed by atoms with van der Waals surface area (Å²) in [6, 6.07) is 7.69. The lowest BCUT2D eigenvalue weighted by atomic mass is 10.1. The first-order chi connectivity index (χ1) is 10.1. The van der Waals surface area contributed by atoms with Gasteiger partial charge >= 0.3 is 5.97 Å². The van der Waals surface area contributed by atoms with Crippen LogP contribution in [0.15, 0.2) is 30.5 Å². The van der Waals surface area contributed by atoms with E-state index in [1.807, 2.05) is 24.3 Å². The molecular weight excluding hydrogens is 286 g/mol. The van der Waals surface area contributed by atoms with Crippen LogP contribution in [0.2, 0.25) is 0 Å². The van der Waals surface area contributed by atoms with Gasteiger partial charge in [-0.1, -0.05) is 30.4 Å². The fourth-order valence-electron chi connectivity index (χ4n) is 2.04. The quantitative estimate of drug-likeness (QED) is 0.629. The van der Waals surface area contributed by atoms with Crippen molar-refractivity contribution in [1.29, 1.82) is 0 Å². The molecule has 6 heteroatoms. The molecule has 1 aromatic carbocycles. The number of fused-ring (bicyclic) bond motifs is 1. The van der Waals surface area contributed by atoms with Gasteiger partial charge < -0.3 is 15.8 Å². The van der Waals surface area contributed by atoms with Gasteiger partial charge in [0.25, 0.3) is 0 Å². The molecule has 21 heavy (non-hydrogen) atoms. The highest BCUT2D eigenvalue weighted by Crippen LogP contribution is 2.25. The standard InChI is InChI=1S/C15H17N3O2S/c1-2-20-13(19)7-8-17-14-10-5-3-4-6-12(10)18-9-11(14)15(16)21/h3-6,9H,2,7-8H2,1H3,(H2,16,21)(H,17,18). The molecule has 0 atom stereocenters. The van der Waals surface area contributed by atoms with Crippen molar-refractivity contribution in [3.63, 3.8) is 0 Å². The summed E-state index contributed by atoms with van der Waals surface area (Å²) in [5.74, 6) is -0.236. The molecule has 2 aromatic rings. The van der Waals surface area contributed by atoms with E-state index in [0.29, 0.717) is 18.7 Å². The maximum absolute atomic E-state index is 11.4. The Morgan fingerprint density at radius 3 is 2.90 bits per heavy atom. The van der Waals surface area contributed by atoms with Gasteiger partial charge in [-0.15, -0.1) is 0 Å². The Balaban J connectivity index is 2.25. The van der Waals surface area contributed by atoms with Crippen LogP contribution in [0.25, 0.3) is 10.9 Å². The summed E-state index contributed by atoms with van der Waals surface area (Å²) < 4.78 is 4.90. The molecule has 3 N–H and O–H groups in total. The molecule has 1 aromatic heterocycles. The topological polar surface area (TPSA) is 77.2 Å². The zero-order chi connectivity index (χ0) is 15.2. The lowest BCUT2D eigenvalue weighted by molar-refractivity contribution is -0.142. The van der Waals surface area contributed by atoms with Crippen LogP contribution in [0.4, 0.5) is 5.69 Å². The number of thiocarbonyl (C=S) groups is 1. The fraction of sp³-hybridized carbons (Fsp3) is 0.267. The molecule has 0 spiro atoms. The van der Waals surface area contributed by atoms with E-state index in [1.165, 1.54) is 0 Å². The third-order valence-electron chi connectivity index (χ3n) is 2.98. The number of carbonyl (C=O) groups is 1. The highest BCUT2D eigenvalue weighted by atomic mass is 32.1. The molecule has 5 nitrogen and oxygen atoms in total. The normalized spacial score (nSPS) is 10.3. The fourth-order valence-corrected chi connectivity index (χ4v) is 2.20. The third kappa shape index (κ3) is 3.66. The molecule has 0 amide bonds. The van der Waals surface area contributed by atoms with Gasteiger partial charge in [0.1, 0.15) is 4.99 Å². The minimum Gasteiger partial charge on any atom is -0.466 e. The number of para-hydroxylation sites is 1. The Morgan fingerprint density at radius 2 is 2.19 bits per heavy atom. The summed E-state index contributed by atoms with van der Waals surface area (Å²) in [6.07, 6.45) is 1.93. The first-order valence-electron chi connectivity index (χ1n) is 6.70. The molecule has 0 fully saturated rings. The second-order valence-electron chi connectivity index (χ2n) is 4.41. The van der Waals surface area contributed by atoms with E-state index in [1.54, 1.807) is 13.1 Å². The lowest BCUT2D eigenvalue weighted by Crippen LogP contribution is -2.16. The van der Waals surface area contributed by atoms with Gasteiger partial charge in [0.2, 0.25) is 0 Å². The molecule has 0 aliphatic carbocycles. The van der Waals surface area contributed by atoms with Crippen LogP contribution >= 0.6 is 12.2 Å². The third-order valence-corrected chi connectivity index (χ3v) is 3.20. The number of aromatic nitrogens is 1. The molecule has 0 aliphatic heterocycles. The van der Waals surface area contributed by atoms with Crippen molar-refractivity contribution in [1.82, 2.24) is 4.98 Å². The zero-order valence-corrected chi connectivity index (χ0v) is 12.6. The Kier molecular flexibility index (Phi) is 5.05. The summed E-state index contributed by atoms with van der Waals surface area (Å²) in [5, 5.41) is 4.14. The van der Waals surface area contributed by atoms with E-state index in [2.05, 4.69) is 10.3 Å². The van der Waals surface area contributed by atoms with Crippen molar-refractivity contribution in [3.05, 3.63) is 36.0 Å². The number of pyridine rings is 1. The minimum atomic E-state index is -0.236. The number of nitrogens with two attached hydrogens (primary N) is 1. The van der Waals surface area contributed by atoms with Crippen LogP contribution in [0, 0.1) is 0 Å². The van der Waals surface area contributed by atoms with Gasteiger partial charge in [-0.2, -0.15) is 0 Å². The van der Waals surface area contributed by atoms with Crippen molar-refractivity contribution < 1.29 is 9.53 Å². The van der Waals surface area contributed by atoms with Crippen LogP contribution in [-0.2, 0) is 9.53 Å². The second-order valence-corrected chi connectivity index (χ2v) is 4.85. The van der Waals surface area contributed by atoms with Gasteiger partial charge in [0.15, 0.2) is 0 Å². The first-order valence-corrected chi connectivity index (χ1v) is 7.11. The summed E-state index contributed by atoms with van der Waals surface area (Å²) in [4.78, 5) is 16.0. The molecule has 110 valence electrons. The van der Waals surface area contributed by atoms with E-state index < -0.39 is 0 Å². The average Bonchev–Trinajstić information content (AvgIpc) is 2.47. The van der Waals surface area contributed by atoms with Crippen molar-refractivity contribution >= 4 is 39.8 Å². The van der Waals surface area contributed by atoms with E-state index in [-0.39, 0.29) is 17.4 Å². The van der Waals surface area contributed by atoms with Gasteiger partial charge in [0.05, 0.1) is 29.8 Å². The predicted molar refractivity (Wildman–Crippen MR) is 87.4 cm³/mol. The Hall–Kier alpha value is -2.21. The maximum Gasteiger partial charge on any atom is 0.307 e. The van der Waals surface area contributed by atoms with Gasteiger partial charge in [-0.3, -0.25) is 9.78 Å². The van der Waals surface area contributed by atoms with E-state index in [9.17, 15) is 4.79 Å². The number of nitrogens with one attached hydrogen (secondary N) is 1. The highest BCUT2D eigenvalue weighted by Gasteiger charge is 2.11. The number of hydrogen-bond donors (Lipinski definition) is 2. The molecule has 2 rings (SSSR count). The van der Waals surface area contributed by atoms with Crippen LogP contribution in [0.3, 0.4) is 0 Å². The monoisotopic (exact) mass is 303 g/mol. The van der Waals surface area contributed by atoms with Crippen LogP contribution < -0.4 is 11.1 Å². The minimum absolute atomic E-state index is 0.236. The number of esters is 1. The molecule has 0 radical (unpaired) electrons. The van der Waals surface area contributed by atoms with E-state index in [4.69, 9.17) is 22.7 Å². The van der Waals surface area contributed by atoms with Crippen molar-refractivity contribution in [2.45, 2.75) is 13.3 Å². The lowest BCUT2D eigenvalue weighted by Gasteiger charge is -2.13. The van der Waals surface area contributed by atoms with E-state index >= 15 is 0 Å². The number of anilines is 1. The van der Waals surface area contributed by atoms with Crippen molar-refractivity contribution in [2.75, 3.05) is 18.5 Å². The second kappa shape index (κ2) is 6.99. The number of rotatable bonds is 6. The predicted octanol–water partition coefficient (Wildman–Crippen LogP) is 2.23. The van der Waals surface area contributed by atoms with Gasteiger partial charge in [0, 0.05) is 18.1 Å². The van der Waals surface area contributed by atoms with Crippen molar-refractivity contribution in [2.24, 2.45) is 5.73 Å². The molecule has 1 heterocycles. The number of benzene rings is 1. The smallest absolute Gasteiger partial charge is 0.307 e. The zero-order valence-electron chi connectivity index (χ0n) is 11.8. The number of nitrogens with zero attached hydrogens (tertiary/aromatic N) is 1. The molecule has 0 aliphatic rings. The maximum atomic E-state index is 11.4. The SMILES string of the molecule is CCOC(=O)CCNc1c(C(N)=S)cnc2ccccc12. The Labute approximate surface area is 128 Å².